The Labute approximate surface area is 164 Å². The van der Waals surface area contributed by atoms with Gasteiger partial charge >= 0.3 is 0 Å². The minimum Gasteiger partial charge on any atom is -0.490 e. The third-order valence-corrected chi connectivity index (χ3v) is 6.45. The zero-order chi connectivity index (χ0) is 19.0. The number of aryl methyl sites for hydroxylation is 1. The smallest absolute Gasteiger partial charge is 0.148 e. The summed E-state index contributed by atoms with van der Waals surface area (Å²) in [7, 11) is 0. The van der Waals surface area contributed by atoms with Gasteiger partial charge in [-0.25, -0.2) is 0 Å². The summed E-state index contributed by atoms with van der Waals surface area (Å²) in [6.07, 6.45) is 8.30. The highest BCUT2D eigenvalue weighted by Crippen LogP contribution is 2.41. The van der Waals surface area contributed by atoms with Crippen LogP contribution in [0.25, 0.3) is 10.6 Å². The predicted molar refractivity (Wildman–Crippen MR) is 107 cm³/mol. The summed E-state index contributed by atoms with van der Waals surface area (Å²) in [6, 6.07) is 8.78. The first kappa shape index (κ1) is 17.9. The molecule has 0 saturated carbocycles. The monoisotopic (exact) mass is 377 g/mol. The van der Waals surface area contributed by atoms with Gasteiger partial charge in [0.1, 0.15) is 21.8 Å². The molecule has 138 valence electrons. The first-order valence-corrected chi connectivity index (χ1v) is 10.3. The van der Waals surface area contributed by atoms with E-state index in [-0.39, 0.29) is 11.5 Å². The standard InChI is InChI=1S/C22H23N3OS/c1-14(2)26-19-10-11-22(3,12-16(19)13-23)21-25-24-20(27-21)18-9-5-7-15-6-4-8-17(15)18/h5,7,9-10,12,14H,4,6,8,11H2,1-3H3. The van der Waals surface area contributed by atoms with Crippen molar-refractivity contribution in [2.24, 2.45) is 0 Å². The highest BCUT2D eigenvalue weighted by atomic mass is 32.1. The maximum absolute atomic E-state index is 9.57. The molecule has 1 heterocycles. The Morgan fingerprint density at radius 3 is 2.89 bits per heavy atom. The molecule has 2 aliphatic rings. The molecule has 0 amide bonds. The molecule has 5 heteroatoms. The Bertz CT molecular complexity index is 980. The fraction of sp³-hybridized carbons (Fsp3) is 0.409. The molecule has 0 bridgehead atoms. The topological polar surface area (TPSA) is 58.8 Å². The normalized spacial score (nSPS) is 21.4. The van der Waals surface area contributed by atoms with Crippen LogP contribution in [0.4, 0.5) is 0 Å². The van der Waals surface area contributed by atoms with Crippen molar-refractivity contribution in [2.45, 2.75) is 58.0 Å². The van der Waals surface area contributed by atoms with Gasteiger partial charge in [0.25, 0.3) is 0 Å². The molecule has 4 rings (SSSR count). The van der Waals surface area contributed by atoms with Crippen LogP contribution in [0.1, 0.15) is 49.7 Å². The number of allylic oxidation sites excluding steroid dienone is 3. The lowest BCUT2D eigenvalue weighted by Crippen LogP contribution is -2.23. The Morgan fingerprint density at radius 1 is 1.26 bits per heavy atom. The number of hydrogen-bond acceptors (Lipinski definition) is 5. The molecule has 1 unspecified atom stereocenters. The summed E-state index contributed by atoms with van der Waals surface area (Å²) in [5.74, 6) is 0.676. The number of rotatable bonds is 4. The first-order chi connectivity index (χ1) is 13.0. The van der Waals surface area contributed by atoms with Gasteiger partial charge < -0.3 is 4.74 Å². The molecule has 2 aromatic rings. The fourth-order valence-corrected chi connectivity index (χ4v) is 4.87. The molecule has 1 aromatic heterocycles. The Hall–Kier alpha value is -2.45. The predicted octanol–water partition coefficient (Wildman–Crippen LogP) is 5.11. The van der Waals surface area contributed by atoms with Crippen molar-refractivity contribution in [1.82, 2.24) is 10.2 Å². The van der Waals surface area contributed by atoms with Crippen LogP contribution in [0.2, 0.25) is 0 Å². The van der Waals surface area contributed by atoms with Crippen LogP contribution in [-0.4, -0.2) is 16.3 Å². The molecule has 0 aliphatic heterocycles. The van der Waals surface area contributed by atoms with Gasteiger partial charge in [0.15, 0.2) is 0 Å². The molecule has 0 N–H and O–H groups in total. The van der Waals surface area contributed by atoms with Gasteiger partial charge in [-0.3, -0.25) is 0 Å². The average molecular weight is 378 g/mol. The largest absolute Gasteiger partial charge is 0.490 e. The highest BCUT2D eigenvalue weighted by Gasteiger charge is 2.33. The zero-order valence-electron chi connectivity index (χ0n) is 16.0. The van der Waals surface area contributed by atoms with Gasteiger partial charge in [-0.15, -0.1) is 10.2 Å². The van der Waals surface area contributed by atoms with E-state index in [0.29, 0.717) is 11.3 Å². The minimum atomic E-state index is -0.331. The molecule has 0 spiro atoms. The number of aromatic nitrogens is 2. The van der Waals surface area contributed by atoms with Gasteiger partial charge in [-0.2, -0.15) is 5.26 Å². The van der Waals surface area contributed by atoms with Crippen LogP contribution < -0.4 is 0 Å². The summed E-state index contributed by atoms with van der Waals surface area (Å²) < 4.78 is 5.79. The average Bonchev–Trinajstić information content (AvgIpc) is 3.32. The van der Waals surface area contributed by atoms with Crippen molar-refractivity contribution in [2.75, 3.05) is 0 Å². The van der Waals surface area contributed by atoms with Crippen LogP contribution in [-0.2, 0) is 23.0 Å². The van der Waals surface area contributed by atoms with Crippen LogP contribution in [0.3, 0.4) is 0 Å². The molecule has 4 nitrogen and oxygen atoms in total. The van der Waals surface area contributed by atoms with Gasteiger partial charge in [0.2, 0.25) is 0 Å². The van der Waals surface area contributed by atoms with E-state index in [1.54, 1.807) is 11.3 Å². The molecule has 1 atom stereocenters. The lowest BCUT2D eigenvalue weighted by molar-refractivity contribution is 0.152. The van der Waals surface area contributed by atoms with Crippen molar-refractivity contribution < 1.29 is 4.74 Å². The van der Waals surface area contributed by atoms with Crippen molar-refractivity contribution in [3.8, 4) is 16.6 Å². The Balaban J connectivity index is 1.66. The van der Waals surface area contributed by atoms with Gasteiger partial charge in [0.05, 0.1) is 11.7 Å². The summed E-state index contributed by atoms with van der Waals surface area (Å²) in [5.41, 5.74) is 4.34. The molecule has 0 saturated heterocycles. The van der Waals surface area contributed by atoms with Gasteiger partial charge in [-0.1, -0.05) is 29.5 Å². The van der Waals surface area contributed by atoms with E-state index >= 15 is 0 Å². The van der Waals surface area contributed by atoms with E-state index in [1.807, 2.05) is 26.0 Å². The summed E-state index contributed by atoms with van der Waals surface area (Å²) in [5, 5.41) is 20.5. The quantitative estimate of drug-likeness (QED) is 0.742. The van der Waals surface area contributed by atoms with Crippen LogP contribution in [0.15, 0.2) is 41.7 Å². The van der Waals surface area contributed by atoms with Gasteiger partial charge in [-0.05, 0) is 69.7 Å². The molecular weight excluding hydrogens is 354 g/mol. The van der Waals surface area contributed by atoms with Crippen LogP contribution in [0, 0.1) is 11.3 Å². The van der Waals surface area contributed by atoms with E-state index in [9.17, 15) is 5.26 Å². The first-order valence-electron chi connectivity index (χ1n) is 9.45. The number of ether oxygens (including phenoxy) is 1. The van der Waals surface area contributed by atoms with Gasteiger partial charge in [0, 0.05) is 11.0 Å². The van der Waals surface area contributed by atoms with Crippen molar-refractivity contribution >= 4 is 11.3 Å². The Morgan fingerprint density at radius 2 is 2.11 bits per heavy atom. The second-order valence-electron chi connectivity index (χ2n) is 7.74. The molecule has 0 radical (unpaired) electrons. The maximum Gasteiger partial charge on any atom is 0.148 e. The van der Waals surface area contributed by atoms with Crippen LogP contribution in [0.5, 0.6) is 0 Å². The van der Waals surface area contributed by atoms with Crippen LogP contribution >= 0.6 is 11.3 Å². The Kier molecular flexibility index (Phi) is 4.61. The number of fused-ring (bicyclic) bond motifs is 1. The lowest BCUT2D eigenvalue weighted by atomic mass is 9.81. The number of nitriles is 1. The van der Waals surface area contributed by atoms with E-state index in [1.165, 1.54) is 23.1 Å². The number of nitrogens with zero attached hydrogens (tertiary/aromatic N) is 3. The van der Waals surface area contributed by atoms with Crippen molar-refractivity contribution in [1.29, 1.82) is 5.26 Å². The second-order valence-corrected chi connectivity index (χ2v) is 8.71. The molecule has 1 aromatic carbocycles. The minimum absolute atomic E-state index is 0.0469. The second kappa shape index (κ2) is 6.94. The molecule has 0 fully saturated rings. The summed E-state index contributed by atoms with van der Waals surface area (Å²) in [4.78, 5) is 0. The molecule has 2 aliphatic carbocycles. The molecule has 27 heavy (non-hydrogen) atoms. The fourth-order valence-electron chi connectivity index (χ4n) is 3.85. The number of benzene rings is 1. The lowest BCUT2D eigenvalue weighted by Gasteiger charge is -2.27. The zero-order valence-corrected chi connectivity index (χ0v) is 16.8. The van der Waals surface area contributed by atoms with Crippen molar-refractivity contribution in [3.63, 3.8) is 0 Å². The van der Waals surface area contributed by atoms with E-state index in [4.69, 9.17) is 4.74 Å². The number of hydrogen-bond donors (Lipinski definition) is 0. The SMILES string of the molecule is CC(C)OC1=CCC(C)(c2nnc(-c3cccc4c3CCC4)s2)C=C1C#N. The van der Waals surface area contributed by atoms with E-state index in [2.05, 4.69) is 41.4 Å². The summed E-state index contributed by atoms with van der Waals surface area (Å²) >= 11 is 1.64. The van der Waals surface area contributed by atoms with E-state index in [0.717, 1.165) is 29.3 Å². The van der Waals surface area contributed by atoms with E-state index < -0.39 is 0 Å². The maximum atomic E-state index is 9.57. The highest BCUT2D eigenvalue weighted by molar-refractivity contribution is 7.14. The van der Waals surface area contributed by atoms with Crippen molar-refractivity contribution in [3.05, 3.63) is 57.8 Å². The third kappa shape index (κ3) is 3.30. The third-order valence-electron chi connectivity index (χ3n) is 5.21. The summed E-state index contributed by atoms with van der Waals surface area (Å²) in [6.45, 7) is 6.06. The molecular formula is C22H23N3OS.